The van der Waals surface area contributed by atoms with Crippen molar-refractivity contribution in [2.24, 2.45) is 0 Å². The Morgan fingerprint density at radius 3 is 3.04 bits per heavy atom. The number of amides is 1. The van der Waals surface area contributed by atoms with Gasteiger partial charge in [0.05, 0.1) is 35.6 Å². The Bertz CT molecular complexity index is 1060. The van der Waals surface area contributed by atoms with Crippen molar-refractivity contribution in [3.05, 3.63) is 65.7 Å². The van der Waals surface area contributed by atoms with Crippen molar-refractivity contribution in [3.8, 4) is 0 Å². The molecule has 1 amide bonds. The fourth-order valence-electron chi connectivity index (χ4n) is 2.83. The maximum absolute atomic E-state index is 12.5. The van der Waals surface area contributed by atoms with Gasteiger partial charge in [-0.25, -0.2) is 4.98 Å². The predicted molar refractivity (Wildman–Crippen MR) is 93.1 cm³/mol. The first kappa shape index (κ1) is 15.3. The second-order valence-electron chi connectivity index (χ2n) is 5.96. The number of benzene rings is 1. The van der Waals surface area contributed by atoms with Gasteiger partial charge in [0.15, 0.2) is 0 Å². The van der Waals surface area contributed by atoms with Crippen molar-refractivity contribution in [1.82, 2.24) is 24.9 Å². The molecule has 126 valence electrons. The average Bonchev–Trinajstić information content (AvgIpc) is 3.24. The van der Waals surface area contributed by atoms with Gasteiger partial charge in [-0.05, 0) is 30.7 Å². The van der Waals surface area contributed by atoms with Crippen LogP contribution in [0, 0.1) is 0 Å². The van der Waals surface area contributed by atoms with Crippen LogP contribution in [0.1, 0.15) is 34.6 Å². The Balaban J connectivity index is 1.53. The number of carbonyl (C=O) groups is 1. The Morgan fingerprint density at radius 2 is 2.20 bits per heavy atom. The van der Waals surface area contributed by atoms with Crippen molar-refractivity contribution in [2.45, 2.75) is 19.6 Å². The molecule has 0 radical (unpaired) electrons. The fraction of sp³-hybridized carbons (Fsp3) is 0.167. The highest BCUT2D eigenvalue weighted by Crippen LogP contribution is 2.17. The summed E-state index contributed by atoms with van der Waals surface area (Å²) in [6.45, 7) is 2.04. The van der Waals surface area contributed by atoms with Crippen molar-refractivity contribution in [3.63, 3.8) is 0 Å². The summed E-state index contributed by atoms with van der Waals surface area (Å²) in [5.41, 5.74) is 3.73. The smallest absolute Gasteiger partial charge is 0.252 e. The molecule has 1 unspecified atom stereocenters. The molecule has 1 aromatic carbocycles. The molecule has 3 N–H and O–H groups in total. The molecule has 0 fully saturated rings. The van der Waals surface area contributed by atoms with Crippen molar-refractivity contribution in [2.75, 3.05) is 0 Å². The molecule has 0 saturated carbocycles. The molecule has 1 atom stereocenters. The lowest BCUT2D eigenvalue weighted by Crippen LogP contribution is -2.23. The van der Waals surface area contributed by atoms with Crippen LogP contribution in [0.4, 0.5) is 0 Å². The van der Waals surface area contributed by atoms with E-state index in [1.807, 2.05) is 41.1 Å². The van der Waals surface area contributed by atoms with Gasteiger partial charge >= 0.3 is 0 Å². The zero-order valence-corrected chi connectivity index (χ0v) is 13.6. The number of pyridine rings is 1. The first-order chi connectivity index (χ1) is 12.1. The zero-order valence-electron chi connectivity index (χ0n) is 13.6. The van der Waals surface area contributed by atoms with Gasteiger partial charge in [0.25, 0.3) is 5.91 Å². The fourth-order valence-corrected chi connectivity index (χ4v) is 2.83. The Morgan fingerprint density at radius 1 is 1.32 bits per heavy atom. The van der Waals surface area contributed by atoms with Crippen LogP contribution in [0.15, 0.2) is 48.9 Å². The number of H-pyrrole nitrogens is 1. The maximum Gasteiger partial charge on any atom is 0.252 e. The molecule has 4 rings (SSSR count). The van der Waals surface area contributed by atoms with Crippen molar-refractivity contribution < 1.29 is 9.90 Å². The molecule has 0 aliphatic heterocycles. The third-order valence-electron chi connectivity index (χ3n) is 4.17. The number of aromatic nitrogens is 4. The van der Waals surface area contributed by atoms with E-state index in [2.05, 4.69) is 20.5 Å². The third-order valence-corrected chi connectivity index (χ3v) is 4.17. The summed E-state index contributed by atoms with van der Waals surface area (Å²) in [5.74, 6) is -0.172. The Hall–Kier alpha value is -3.19. The number of nitrogens with zero attached hydrogens (tertiary/aromatic N) is 3. The lowest BCUT2D eigenvalue weighted by Gasteiger charge is -2.04. The summed E-state index contributed by atoms with van der Waals surface area (Å²) in [6.07, 6.45) is 4.79. The predicted octanol–water partition coefficient (Wildman–Crippen LogP) is 2.19. The van der Waals surface area contributed by atoms with E-state index in [-0.39, 0.29) is 5.91 Å². The molecule has 3 heterocycles. The summed E-state index contributed by atoms with van der Waals surface area (Å²) in [5, 5.41) is 20.2. The number of carbonyl (C=O) groups excluding carboxylic acids is 1. The van der Waals surface area contributed by atoms with Crippen LogP contribution in [0.3, 0.4) is 0 Å². The normalized spacial score (nSPS) is 12.6. The number of hydrogen-bond donors (Lipinski definition) is 3. The summed E-state index contributed by atoms with van der Waals surface area (Å²) >= 11 is 0. The lowest BCUT2D eigenvalue weighted by atomic mass is 10.1. The number of hydrogen-bond acceptors (Lipinski definition) is 4. The Labute approximate surface area is 143 Å². The maximum atomic E-state index is 12.5. The van der Waals surface area contributed by atoms with E-state index in [1.165, 1.54) is 0 Å². The Kier molecular flexibility index (Phi) is 3.70. The summed E-state index contributed by atoms with van der Waals surface area (Å²) in [7, 11) is 0. The van der Waals surface area contributed by atoms with Crippen LogP contribution in [-0.4, -0.2) is 30.6 Å². The largest absolute Gasteiger partial charge is 0.389 e. The molecule has 7 heteroatoms. The molecular formula is C18H17N5O2. The monoisotopic (exact) mass is 335 g/mol. The SMILES string of the molecule is CC(O)c1ccc2nc(CNC(=O)c3cccc4[nH]ncc34)cn2c1. The summed E-state index contributed by atoms with van der Waals surface area (Å²) in [6, 6.07) is 9.15. The first-order valence-electron chi connectivity index (χ1n) is 7.98. The second kappa shape index (κ2) is 6.03. The van der Waals surface area contributed by atoms with Gasteiger partial charge in [-0.3, -0.25) is 9.89 Å². The molecule has 0 saturated heterocycles. The number of imidazole rings is 1. The molecule has 25 heavy (non-hydrogen) atoms. The van der Waals surface area contributed by atoms with Gasteiger partial charge in [-0.15, -0.1) is 0 Å². The zero-order chi connectivity index (χ0) is 17.4. The minimum absolute atomic E-state index is 0.172. The molecule has 0 spiro atoms. The van der Waals surface area contributed by atoms with Crippen LogP contribution >= 0.6 is 0 Å². The van der Waals surface area contributed by atoms with Gasteiger partial charge < -0.3 is 14.8 Å². The lowest BCUT2D eigenvalue weighted by molar-refractivity contribution is 0.0952. The van der Waals surface area contributed by atoms with Crippen LogP contribution in [-0.2, 0) is 6.54 Å². The van der Waals surface area contributed by atoms with Crippen LogP contribution < -0.4 is 5.32 Å². The summed E-state index contributed by atoms with van der Waals surface area (Å²) < 4.78 is 1.85. The van der Waals surface area contributed by atoms with Gasteiger partial charge in [0, 0.05) is 17.8 Å². The molecule has 0 aliphatic carbocycles. The van der Waals surface area contributed by atoms with E-state index in [0.29, 0.717) is 12.1 Å². The van der Waals surface area contributed by atoms with Gasteiger partial charge in [-0.1, -0.05) is 12.1 Å². The molecule has 0 bridgehead atoms. The minimum atomic E-state index is -0.537. The molecule has 3 aromatic heterocycles. The van der Waals surface area contributed by atoms with Crippen molar-refractivity contribution in [1.29, 1.82) is 0 Å². The topological polar surface area (TPSA) is 95.3 Å². The molecule has 0 aliphatic rings. The van der Waals surface area contributed by atoms with Gasteiger partial charge in [-0.2, -0.15) is 5.10 Å². The van der Waals surface area contributed by atoms with E-state index in [4.69, 9.17) is 0 Å². The first-order valence-corrected chi connectivity index (χ1v) is 7.98. The van der Waals surface area contributed by atoms with Crippen molar-refractivity contribution >= 4 is 22.5 Å². The van der Waals surface area contributed by atoms with Gasteiger partial charge in [0.2, 0.25) is 0 Å². The minimum Gasteiger partial charge on any atom is -0.389 e. The highest BCUT2D eigenvalue weighted by Gasteiger charge is 2.12. The number of rotatable bonds is 4. The summed E-state index contributed by atoms with van der Waals surface area (Å²) in [4.78, 5) is 16.9. The number of nitrogens with one attached hydrogen (secondary N) is 2. The van der Waals surface area contributed by atoms with Gasteiger partial charge in [0.1, 0.15) is 5.65 Å². The highest BCUT2D eigenvalue weighted by molar-refractivity contribution is 6.05. The molecule has 4 aromatic rings. The standard InChI is InChI=1S/C18H17N5O2/c1-11(24)12-5-6-17-21-13(10-23(17)9-12)7-19-18(25)14-3-2-4-16-15(14)8-20-22-16/h2-6,8-11,24H,7H2,1H3,(H,19,25)(H,20,22). The van der Waals surface area contributed by atoms with E-state index in [1.54, 1.807) is 19.2 Å². The van der Waals surface area contributed by atoms with E-state index in [0.717, 1.165) is 27.8 Å². The van der Waals surface area contributed by atoms with Crippen LogP contribution in [0.5, 0.6) is 0 Å². The molecular weight excluding hydrogens is 318 g/mol. The number of aliphatic hydroxyl groups is 1. The number of aromatic amines is 1. The second-order valence-corrected chi connectivity index (χ2v) is 5.96. The quantitative estimate of drug-likeness (QED) is 0.533. The number of fused-ring (bicyclic) bond motifs is 2. The average molecular weight is 335 g/mol. The van der Waals surface area contributed by atoms with E-state index >= 15 is 0 Å². The van der Waals surface area contributed by atoms with Crippen LogP contribution in [0.2, 0.25) is 0 Å². The number of aliphatic hydroxyl groups excluding tert-OH is 1. The van der Waals surface area contributed by atoms with Crippen LogP contribution in [0.25, 0.3) is 16.6 Å². The highest BCUT2D eigenvalue weighted by atomic mass is 16.3. The molecule has 7 nitrogen and oxygen atoms in total. The van der Waals surface area contributed by atoms with E-state index in [9.17, 15) is 9.90 Å². The van der Waals surface area contributed by atoms with E-state index < -0.39 is 6.10 Å². The third kappa shape index (κ3) is 2.85.